The van der Waals surface area contributed by atoms with Gasteiger partial charge in [0.15, 0.2) is 5.96 Å². The van der Waals surface area contributed by atoms with Crippen LogP contribution in [-0.2, 0) is 16.8 Å². The minimum Gasteiger partial charge on any atom is -0.345 e. The summed E-state index contributed by atoms with van der Waals surface area (Å²) < 4.78 is 0. The molecule has 0 spiro atoms. The normalized spacial score (nSPS) is 20.7. The number of amides is 1. The Morgan fingerprint density at radius 1 is 1.25 bits per heavy atom. The lowest BCUT2D eigenvalue weighted by Gasteiger charge is -2.45. The van der Waals surface area contributed by atoms with Crippen LogP contribution in [0.15, 0.2) is 60.1 Å². The number of hydrogen-bond donors (Lipinski definition) is 2. The number of benzene rings is 1. The maximum Gasteiger partial charge on any atom is 0.234 e. The number of aryl methyl sites for hydroxylation is 1. The Labute approximate surface area is 192 Å². The van der Waals surface area contributed by atoms with Crippen molar-refractivity contribution >= 4 is 23.2 Å². The van der Waals surface area contributed by atoms with Gasteiger partial charge in [0.2, 0.25) is 5.91 Å². The standard InChI is InChI=1S/C25H25N5OS/c1-25(22-14-19(16-32-22)18-8-5-7-17(13-18)15-26)21(23(31)30(2)24(27)29-25)11-6-10-20-9-3-4-12-28-20/h3-5,7-9,12-14,16,21H,6,10-11H2,1-2H3,(H2,27,29)/t21?,25-/m0/s1. The zero-order valence-electron chi connectivity index (χ0n) is 18.1. The topological polar surface area (TPSA) is 92.9 Å². The minimum absolute atomic E-state index is 0.0429. The Hall–Kier alpha value is -3.50. The van der Waals surface area contributed by atoms with Crippen molar-refractivity contribution in [2.75, 3.05) is 7.05 Å². The molecular weight excluding hydrogens is 418 g/mol. The lowest BCUT2D eigenvalue weighted by atomic mass is 9.78. The predicted octanol–water partition coefficient (Wildman–Crippen LogP) is 4.53. The molecule has 32 heavy (non-hydrogen) atoms. The number of rotatable bonds is 6. The molecule has 1 aliphatic heterocycles. The van der Waals surface area contributed by atoms with E-state index in [9.17, 15) is 10.1 Å². The van der Waals surface area contributed by atoms with Crippen LogP contribution in [0.2, 0.25) is 0 Å². The number of carbonyl (C=O) groups excluding carboxylic acids is 1. The summed E-state index contributed by atoms with van der Waals surface area (Å²) in [5, 5.41) is 22.9. The summed E-state index contributed by atoms with van der Waals surface area (Å²) in [5.74, 6) is -0.235. The molecule has 1 saturated heterocycles. The fourth-order valence-electron chi connectivity index (χ4n) is 4.21. The van der Waals surface area contributed by atoms with Gasteiger partial charge in [0.1, 0.15) is 0 Å². The van der Waals surface area contributed by atoms with Gasteiger partial charge in [-0.15, -0.1) is 11.3 Å². The molecule has 0 bridgehead atoms. The van der Waals surface area contributed by atoms with E-state index >= 15 is 0 Å². The average Bonchev–Trinajstić information content (AvgIpc) is 3.32. The van der Waals surface area contributed by atoms with E-state index in [1.807, 2.05) is 43.3 Å². The summed E-state index contributed by atoms with van der Waals surface area (Å²) in [4.78, 5) is 20.0. The summed E-state index contributed by atoms with van der Waals surface area (Å²) in [6, 6.07) is 17.6. The summed E-state index contributed by atoms with van der Waals surface area (Å²) >= 11 is 1.58. The third-order valence-electron chi connectivity index (χ3n) is 6.13. The number of thiophene rings is 1. The first-order valence-electron chi connectivity index (χ1n) is 10.6. The number of carbonyl (C=O) groups is 1. The van der Waals surface area contributed by atoms with E-state index < -0.39 is 5.54 Å². The van der Waals surface area contributed by atoms with E-state index in [1.54, 1.807) is 30.6 Å². The predicted molar refractivity (Wildman–Crippen MR) is 126 cm³/mol. The van der Waals surface area contributed by atoms with Gasteiger partial charge in [0.25, 0.3) is 0 Å². The number of aromatic nitrogens is 1. The monoisotopic (exact) mass is 443 g/mol. The largest absolute Gasteiger partial charge is 0.345 e. The maximum absolute atomic E-state index is 13.2. The molecule has 0 radical (unpaired) electrons. The van der Waals surface area contributed by atoms with Gasteiger partial charge < -0.3 is 5.32 Å². The number of guanidine groups is 1. The van der Waals surface area contributed by atoms with Crippen LogP contribution < -0.4 is 5.32 Å². The third-order valence-corrected chi connectivity index (χ3v) is 7.29. The van der Waals surface area contributed by atoms with Crippen LogP contribution in [0.5, 0.6) is 0 Å². The lowest BCUT2D eigenvalue weighted by molar-refractivity contribution is -0.135. The zero-order valence-corrected chi connectivity index (χ0v) is 18.9. The van der Waals surface area contributed by atoms with Gasteiger partial charge in [-0.05, 0) is 73.0 Å². The lowest BCUT2D eigenvalue weighted by Crippen LogP contribution is -2.63. The molecule has 1 aliphatic rings. The Morgan fingerprint density at radius 2 is 2.09 bits per heavy atom. The van der Waals surface area contributed by atoms with Gasteiger partial charge >= 0.3 is 0 Å². The first-order valence-corrected chi connectivity index (χ1v) is 11.4. The summed E-state index contributed by atoms with van der Waals surface area (Å²) in [7, 11) is 1.65. The molecule has 2 aromatic heterocycles. The van der Waals surface area contributed by atoms with Crippen molar-refractivity contribution in [3.05, 3.63) is 76.2 Å². The van der Waals surface area contributed by atoms with E-state index in [1.165, 1.54) is 4.90 Å². The molecule has 0 saturated carbocycles. The highest BCUT2D eigenvalue weighted by Crippen LogP contribution is 2.41. The summed E-state index contributed by atoms with van der Waals surface area (Å²) in [6.07, 6.45) is 4.11. The third kappa shape index (κ3) is 4.14. The number of nitrogens with one attached hydrogen (secondary N) is 2. The molecule has 7 heteroatoms. The Morgan fingerprint density at radius 3 is 2.84 bits per heavy atom. The van der Waals surface area contributed by atoms with Crippen molar-refractivity contribution in [3.63, 3.8) is 0 Å². The first kappa shape index (κ1) is 21.7. The molecule has 3 aromatic rings. The van der Waals surface area contributed by atoms with Crippen molar-refractivity contribution in [3.8, 4) is 17.2 Å². The molecule has 1 fully saturated rings. The van der Waals surface area contributed by atoms with E-state index in [2.05, 4.69) is 27.8 Å². The van der Waals surface area contributed by atoms with Crippen molar-refractivity contribution in [1.29, 1.82) is 10.7 Å². The average molecular weight is 444 g/mol. The minimum atomic E-state index is -0.680. The molecule has 2 atom stereocenters. The van der Waals surface area contributed by atoms with Gasteiger partial charge in [0.05, 0.1) is 23.1 Å². The van der Waals surface area contributed by atoms with Crippen LogP contribution in [0, 0.1) is 22.7 Å². The highest BCUT2D eigenvalue weighted by molar-refractivity contribution is 7.10. The quantitative estimate of drug-likeness (QED) is 0.585. The van der Waals surface area contributed by atoms with Crippen molar-refractivity contribution in [2.45, 2.75) is 31.7 Å². The fraction of sp³-hybridized carbons (Fsp3) is 0.280. The second kappa shape index (κ2) is 8.93. The van der Waals surface area contributed by atoms with Crippen LogP contribution in [-0.4, -0.2) is 28.8 Å². The molecule has 0 aliphatic carbocycles. The van der Waals surface area contributed by atoms with Crippen LogP contribution in [0.3, 0.4) is 0 Å². The van der Waals surface area contributed by atoms with E-state index in [-0.39, 0.29) is 17.8 Å². The van der Waals surface area contributed by atoms with Crippen LogP contribution >= 0.6 is 11.3 Å². The van der Waals surface area contributed by atoms with Gasteiger partial charge in [-0.3, -0.25) is 20.1 Å². The molecule has 1 unspecified atom stereocenters. The molecule has 2 N–H and O–H groups in total. The fourth-order valence-corrected chi connectivity index (χ4v) is 5.31. The van der Waals surface area contributed by atoms with Gasteiger partial charge in [-0.25, -0.2) is 0 Å². The van der Waals surface area contributed by atoms with E-state index in [0.717, 1.165) is 34.5 Å². The second-order valence-electron chi connectivity index (χ2n) is 8.23. The molecule has 4 rings (SSSR count). The smallest absolute Gasteiger partial charge is 0.234 e. The maximum atomic E-state index is 13.2. The Kier molecular flexibility index (Phi) is 6.06. The number of hydrogen-bond acceptors (Lipinski definition) is 5. The SMILES string of the molecule is CN1C(=N)N[C@](C)(c2cc(-c3cccc(C#N)c3)cs2)C(CCCc2ccccn2)C1=O. The summed E-state index contributed by atoms with van der Waals surface area (Å²) in [6.45, 7) is 2.01. The Balaban J connectivity index is 1.61. The number of nitriles is 1. The molecule has 3 heterocycles. The van der Waals surface area contributed by atoms with E-state index in [0.29, 0.717) is 12.0 Å². The van der Waals surface area contributed by atoms with Gasteiger partial charge in [-0.2, -0.15) is 5.26 Å². The molecule has 162 valence electrons. The van der Waals surface area contributed by atoms with Crippen molar-refractivity contribution < 1.29 is 4.79 Å². The van der Waals surface area contributed by atoms with Crippen LogP contribution in [0.25, 0.3) is 11.1 Å². The van der Waals surface area contributed by atoms with Crippen LogP contribution in [0.4, 0.5) is 0 Å². The van der Waals surface area contributed by atoms with Crippen LogP contribution in [0.1, 0.15) is 35.9 Å². The Bertz CT molecular complexity index is 1180. The highest BCUT2D eigenvalue weighted by atomic mass is 32.1. The molecule has 1 aromatic carbocycles. The molecular formula is C25H25N5OS. The molecule has 1 amide bonds. The van der Waals surface area contributed by atoms with Crippen molar-refractivity contribution in [1.82, 2.24) is 15.2 Å². The highest BCUT2D eigenvalue weighted by Gasteiger charge is 2.47. The zero-order chi connectivity index (χ0) is 22.7. The molecule has 6 nitrogen and oxygen atoms in total. The van der Waals surface area contributed by atoms with E-state index in [4.69, 9.17) is 5.41 Å². The first-order chi connectivity index (χ1) is 15.4. The number of nitrogens with zero attached hydrogens (tertiary/aromatic N) is 3. The van der Waals surface area contributed by atoms with Gasteiger partial charge in [-0.1, -0.05) is 18.2 Å². The van der Waals surface area contributed by atoms with Gasteiger partial charge in [0, 0.05) is 23.8 Å². The summed E-state index contributed by atoms with van der Waals surface area (Å²) in [5.41, 5.74) is 2.93. The number of pyridine rings is 1. The van der Waals surface area contributed by atoms with Crippen molar-refractivity contribution in [2.24, 2.45) is 5.92 Å². The second-order valence-corrected chi connectivity index (χ2v) is 9.14.